The first-order valence-corrected chi connectivity index (χ1v) is 8.76. The minimum absolute atomic E-state index is 0.0882. The van der Waals surface area contributed by atoms with E-state index in [-0.39, 0.29) is 23.8 Å². The molecule has 134 valence electrons. The van der Waals surface area contributed by atoms with Gasteiger partial charge in [-0.25, -0.2) is 8.78 Å². The van der Waals surface area contributed by atoms with Crippen LogP contribution in [0.15, 0.2) is 72.8 Å². The number of halogens is 2. The Hall–Kier alpha value is -3.27. The van der Waals surface area contributed by atoms with Gasteiger partial charge in [-0.3, -0.25) is 4.79 Å². The maximum absolute atomic E-state index is 13.8. The number of fused-ring (bicyclic) bond motifs is 1. The lowest BCUT2D eigenvalue weighted by Gasteiger charge is -2.05. The molecule has 1 heterocycles. The van der Waals surface area contributed by atoms with Gasteiger partial charge in [-0.2, -0.15) is 0 Å². The van der Waals surface area contributed by atoms with Crippen molar-refractivity contribution < 1.29 is 13.6 Å². The molecule has 27 heavy (non-hydrogen) atoms. The Morgan fingerprint density at radius 3 is 2.41 bits per heavy atom. The maximum Gasteiger partial charge on any atom is 0.180 e. The topological polar surface area (TPSA) is 32.9 Å². The zero-order valence-electron chi connectivity index (χ0n) is 14.5. The fourth-order valence-corrected chi connectivity index (χ4v) is 3.35. The number of hydrogen-bond acceptors (Lipinski definition) is 1. The molecule has 0 unspecified atom stereocenters. The summed E-state index contributed by atoms with van der Waals surface area (Å²) in [5, 5.41) is 0.676. The van der Waals surface area contributed by atoms with Crippen molar-refractivity contribution in [1.82, 2.24) is 4.98 Å². The van der Waals surface area contributed by atoms with Crippen LogP contribution in [0.25, 0.3) is 22.0 Å². The summed E-state index contributed by atoms with van der Waals surface area (Å²) in [6, 6.07) is 20.2. The first kappa shape index (κ1) is 17.2. The van der Waals surface area contributed by atoms with Crippen molar-refractivity contribution in [3.8, 4) is 11.1 Å². The molecule has 3 aromatic carbocycles. The third kappa shape index (κ3) is 3.51. The highest BCUT2D eigenvalue weighted by Gasteiger charge is 2.19. The minimum Gasteiger partial charge on any atom is -0.352 e. The maximum atomic E-state index is 13.8. The summed E-state index contributed by atoms with van der Waals surface area (Å²) >= 11 is 0. The predicted molar refractivity (Wildman–Crippen MR) is 103 cm³/mol. The lowest BCUT2D eigenvalue weighted by atomic mass is 9.98. The highest BCUT2D eigenvalue weighted by atomic mass is 19.1. The van der Waals surface area contributed by atoms with E-state index in [9.17, 15) is 13.6 Å². The summed E-state index contributed by atoms with van der Waals surface area (Å²) in [6.45, 7) is 0. The van der Waals surface area contributed by atoms with E-state index in [1.165, 1.54) is 24.3 Å². The van der Waals surface area contributed by atoms with Crippen LogP contribution in [0.5, 0.6) is 0 Å². The number of rotatable bonds is 5. The largest absolute Gasteiger partial charge is 0.352 e. The Balaban J connectivity index is 1.73. The van der Waals surface area contributed by atoms with Crippen LogP contribution in [0.2, 0.25) is 0 Å². The van der Waals surface area contributed by atoms with Crippen molar-refractivity contribution in [2.45, 2.75) is 12.8 Å². The fourth-order valence-electron chi connectivity index (χ4n) is 3.35. The van der Waals surface area contributed by atoms with Crippen LogP contribution < -0.4 is 0 Å². The van der Waals surface area contributed by atoms with Gasteiger partial charge in [-0.05, 0) is 47.9 Å². The molecular formula is C23H17F2NO. The average Bonchev–Trinajstić information content (AvgIpc) is 3.05. The molecule has 0 atom stereocenters. The predicted octanol–water partition coefficient (Wildman–Crippen LogP) is 5.93. The second-order valence-corrected chi connectivity index (χ2v) is 6.48. The SMILES string of the molecule is O=C(CCc1cccc(F)c1)c1[nH]c2ccc(F)cc2c1-c1ccccc1. The Bertz CT molecular complexity index is 1120. The number of H-pyrrole nitrogens is 1. The van der Waals surface area contributed by atoms with Crippen LogP contribution in [0, 0.1) is 11.6 Å². The van der Waals surface area contributed by atoms with Crippen LogP contribution in [-0.2, 0) is 6.42 Å². The molecule has 0 aliphatic rings. The Morgan fingerprint density at radius 1 is 0.852 bits per heavy atom. The molecule has 0 amide bonds. The Kier molecular flexibility index (Phi) is 4.55. The molecule has 0 fully saturated rings. The molecule has 4 heteroatoms. The summed E-state index contributed by atoms with van der Waals surface area (Å²) in [4.78, 5) is 16.1. The van der Waals surface area contributed by atoms with Crippen LogP contribution in [-0.4, -0.2) is 10.8 Å². The Morgan fingerprint density at radius 2 is 1.63 bits per heavy atom. The summed E-state index contributed by atoms with van der Waals surface area (Å²) < 4.78 is 27.2. The van der Waals surface area contributed by atoms with E-state index >= 15 is 0 Å². The van der Waals surface area contributed by atoms with Crippen molar-refractivity contribution in [1.29, 1.82) is 0 Å². The number of aromatic nitrogens is 1. The van der Waals surface area contributed by atoms with Gasteiger partial charge >= 0.3 is 0 Å². The van der Waals surface area contributed by atoms with E-state index in [0.29, 0.717) is 28.6 Å². The molecule has 0 radical (unpaired) electrons. The van der Waals surface area contributed by atoms with Gasteiger partial charge in [-0.15, -0.1) is 0 Å². The number of carbonyl (C=O) groups is 1. The second-order valence-electron chi connectivity index (χ2n) is 6.48. The molecule has 4 rings (SSSR count). The molecule has 0 spiro atoms. The number of hydrogen-bond donors (Lipinski definition) is 1. The van der Waals surface area contributed by atoms with E-state index in [1.807, 2.05) is 30.3 Å². The molecule has 1 N–H and O–H groups in total. The Labute approximate surface area is 155 Å². The first-order chi connectivity index (χ1) is 13.1. The number of ketones is 1. The van der Waals surface area contributed by atoms with Gasteiger partial charge in [0.15, 0.2) is 5.78 Å². The quantitative estimate of drug-likeness (QED) is 0.439. The zero-order valence-corrected chi connectivity index (χ0v) is 14.5. The fraction of sp³-hybridized carbons (Fsp3) is 0.0870. The van der Waals surface area contributed by atoms with Crippen molar-refractivity contribution in [2.24, 2.45) is 0 Å². The van der Waals surface area contributed by atoms with Gasteiger partial charge in [0.05, 0.1) is 5.69 Å². The smallest absolute Gasteiger partial charge is 0.180 e. The summed E-state index contributed by atoms with van der Waals surface area (Å²) in [6.07, 6.45) is 0.674. The summed E-state index contributed by atoms with van der Waals surface area (Å²) in [7, 11) is 0. The van der Waals surface area contributed by atoms with E-state index < -0.39 is 0 Å². The molecule has 0 aliphatic heterocycles. The first-order valence-electron chi connectivity index (χ1n) is 8.76. The van der Waals surface area contributed by atoms with Crippen molar-refractivity contribution in [3.63, 3.8) is 0 Å². The molecule has 2 nitrogen and oxygen atoms in total. The van der Waals surface area contributed by atoms with E-state index in [2.05, 4.69) is 4.98 Å². The van der Waals surface area contributed by atoms with Gasteiger partial charge in [0.2, 0.25) is 0 Å². The third-order valence-electron chi connectivity index (χ3n) is 4.63. The van der Waals surface area contributed by atoms with Crippen LogP contribution in [0.3, 0.4) is 0 Å². The number of carbonyl (C=O) groups excluding carboxylic acids is 1. The number of Topliss-reactive ketones (excluding diaryl/α,β-unsaturated/α-hetero) is 1. The number of aryl methyl sites for hydroxylation is 1. The highest BCUT2D eigenvalue weighted by Crippen LogP contribution is 2.33. The average molecular weight is 361 g/mol. The number of aromatic amines is 1. The molecular weight excluding hydrogens is 344 g/mol. The number of nitrogens with one attached hydrogen (secondary N) is 1. The summed E-state index contributed by atoms with van der Waals surface area (Å²) in [5.41, 5.74) is 3.49. The van der Waals surface area contributed by atoms with Crippen molar-refractivity contribution >= 4 is 16.7 Å². The van der Waals surface area contributed by atoms with Crippen molar-refractivity contribution in [3.05, 3.63) is 95.7 Å². The lowest BCUT2D eigenvalue weighted by Crippen LogP contribution is -2.03. The van der Waals surface area contributed by atoms with Gasteiger partial charge in [0.25, 0.3) is 0 Å². The normalized spacial score (nSPS) is 11.0. The molecule has 0 saturated heterocycles. The molecule has 4 aromatic rings. The molecule has 0 bridgehead atoms. The highest BCUT2D eigenvalue weighted by molar-refractivity contribution is 6.10. The number of benzene rings is 3. The van der Waals surface area contributed by atoms with Crippen LogP contribution in [0.4, 0.5) is 8.78 Å². The standard InChI is InChI=1S/C23H17F2NO/c24-17-8-4-5-15(13-17)9-12-21(27)23-22(16-6-2-1-3-7-16)19-14-18(25)10-11-20(19)26-23/h1-8,10-11,13-14,26H,9,12H2. The minimum atomic E-state index is -0.350. The molecule has 0 aliphatic carbocycles. The van der Waals surface area contributed by atoms with Gasteiger partial charge < -0.3 is 4.98 Å². The van der Waals surface area contributed by atoms with Crippen molar-refractivity contribution in [2.75, 3.05) is 0 Å². The summed E-state index contributed by atoms with van der Waals surface area (Å²) in [5.74, 6) is -0.752. The van der Waals surface area contributed by atoms with Gasteiger partial charge in [0, 0.05) is 22.9 Å². The van der Waals surface area contributed by atoms with Crippen LogP contribution >= 0.6 is 0 Å². The monoisotopic (exact) mass is 361 g/mol. The van der Waals surface area contributed by atoms with E-state index in [1.54, 1.807) is 18.2 Å². The lowest BCUT2D eigenvalue weighted by molar-refractivity contribution is 0.0979. The zero-order chi connectivity index (χ0) is 18.8. The van der Waals surface area contributed by atoms with Gasteiger partial charge in [-0.1, -0.05) is 42.5 Å². The molecule has 1 aromatic heterocycles. The van der Waals surface area contributed by atoms with E-state index in [4.69, 9.17) is 0 Å². The third-order valence-corrected chi connectivity index (χ3v) is 4.63. The van der Waals surface area contributed by atoms with Gasteiger partial charge in [0.1, 0.15) is 11.6 Å². The molecule has 0 saturated carbocycles. The second kappa shape index (κ2) is 7.16. The van der Waals surface area contributed by atoms with E-state index in [0.717, 1.165) is 11.1 Å². The van der Waals surface area contributed by atoms with Crippen LogP contribution in [0.1, 0.15) is 22.5 Å².